The van der Waals surface area contributed by atoms with Gasteiger partial charge in [0.05, 0.1) is 5.60 Å². The number of hydrogen-bond acceptors (Lipinski definition) is 3. The molecule has 1 heterocycles. The second-order valence-electron chi connectivity index (χ2n) is 7.16. The van der Waals surface area contributed by atoms with Crippen molar-refractivity contribution in [2.75, 3.05) is 19.6 Å². The Bertz CT molecular complexity index is 324. The van der Waals surface area contributed by atoms with E-state index in [1.165, 1.54) is 12.8 Å². The van der Waals surface area contributed by atoms with E-state index < -0.39 is 5.60 Å². The molecule has 20 heavy (non-hydrogen) atoms. The summed E-state index contributed by atoms with van der Waals surface area (Å²) in [6.45, 7) is 5.20. The third-order valence-corrected chi connectivity index (χ3v) is 5.13. The van der Waals surface area contributed by atoms with Crippen LogP contribution in [-0.2, 0) is 4.79 Å². The van der Waals surface area contributed by atoms with Gasteiger partial charge in [-0.3, -0.25) is 4.79 Å². The van der Waals surface area contributed by atoms with Crippen molar-refractivity contribution in [2.24, 2.45) is 17.6 Å². The van der Waals surface area contributed by atoms with E-state index in [2.05, 4.69) is 11.8 Å². The number of hydrogen-bond donors (Lipinski definition) is 2. The summed E-state index contributed by atoms with van der Waals surface area (Å²) in [6.07, 6.45) is 7.95. The van der Waals surface area contributed by atoms with Crippen LogP contribution in [0.4, 0.5) is 0 Å². The number of rotatable bonds is 5. The number of carbonyl (C=O) groups excluding carboxylic acids is 1. The molecule has 3 N–H and O–H groups in total. The standard InChI is InChI=1S/C16H30N2O2/c1-13-6-8-16(20,9-7-13)12-18-10-2-3-14(11-18)4-5-15(17)19/h13-14,20H,2-12H2,1H3,(H2,17,19). The van der Waals surface area contributed by atoms with E-state index in [9.17, 15) is 9.90 Å². The van der Waals surface area contributed by atoms with Crippen molar-refractivity contribution in [3.8, 4) is 0 Å². The zero-order chi connectivity index (χ0) is 14.6. The second-order valence-corrected chi connectivity index (χ2v) is 7.16. The number of β-amino-alcohol motifs (C(OH)–C–C–N with tert-alkyl or cyclic N) is 1. The van der Waals surface area contributed by atoms with E-state index >= 15 is 0 Å². The molecule has 116 valence electrons. The Morgan fingerprint density at radius 2 is 2.05 bits per heavy atom. The van der Waals surface area contributed by atoms with E-state index in [1.54, 1.807) is 0 Å². The number of nitrogens with zero attached hydrogens (tertiary/aromatic N) is 1. The Kier molecular flexibility index (Phi) is 5.44. The smallest absolute Gasteiger partial charge is 0.217 e. The molecule has 0 aromatic rings. The third-order valence-electron chi connectivity index (χ3n) is 5.13. The number of piperidine rings is 1. The van der Waals surface area contributed by atoms with Gasteiger partial charge in [0, 0.05) is 19.5 Å². The molecule has 1 saturated heterocycles. The van der Waals surface area contributed by atoms with Crippen molar-refractivity contribution in [1.29, 1.82) is 0 Å². The highest BCUT2D eigenvalue weighted by Crippen LogP contribution is 2.33. The summed E-state index contributed by atoms with van der Waals surface area (Å²) >= 11 is 0. The average molecular weight is 282 g/mol. The Hall–Kier alpha value is -0.610. The van der Waals surface area contributed by atoms with Crippen molar-refractivity contribution < 1.29 is 9.90 Å². The Balaban J connectivity index is 1.78. The molecular formula is C16H30N2O2. The summed E-state index contributed by atoms with van der Waals surface area (Å²) in [5, 5.41) is 10.7. The minimum absolute atomic E-state index is 0.193. The van der Waals surface area contributed by atoms with Gasteiger partial charge in [0.25, 0.3) is 0 Å². The maximum Gasteiger partial charge on any atom is 0.217 e. The number of carbonyl (C=O) groups is 1. The highest BCUT2D eigenvalue weighted by Gasteiger charge is 2.34. The first-order chi connectivity index (χ1) is 9.47. The van der Waals surface area contributed by atoms with Gasteiger partial charge in [-0.15, -0.1) is 0 Å². The lowest BCUT2D eigenvalue weighted by Gasteiger charge is -2.41. The van der Waals surface area contributed by atoms with Crippen LogP contribution >= 0.6 is 0 Å². The van der Waals surface area contributed by atoms with Gasteiger partial charge in [-0.2, -0.15) is 0 Å². The van der Waals surface area contributed by atoms with Gasteiger partial charge in [-0.25, -0.2) is 0 Å². The van der Waals surface area contributed by atoms with Crippen LogP contribution in [0.15, 0.2) is 0 Å². The molecule has 0 aromatic carbocycles. The third kappa shape index (κ3) is 4.74. The molecule has 0 spiro atoms. The first-order valence-electron chi connectivity index (χ1n) is 8.20. The summed E-state index contributed by atoms with van der Waals surface area (Å²) in [5.41, 5.74) is 4.76. The van der Waals surface area contributed by atoms with Crippen molar-refractivity contribution in [3.05, 3.63) is 0 Å². The molecule has 2 fully saturated rings. The lowest BCUT2D eigenvalue weighted by atomic mass is 9.79. The van der Waals surface area contributed by atoms with Crippen LogP contribution in [0.5, 0.6) is 0 Å². The van der Waals surface area contributed by atoms with Crippen LogP contribution in [-0.4, -0.2) is 41.1 Å². The van der Waals surface area contributed by atoms with E-state index in [4.69, 9.17) is 5.73 Å². The number of likely N-dealkylation sites (tertiary alicyclic amines) is 1. The van der Waals surface area contributed by atoms with Gasteiger partial charge in [0.2, 0.25) is 5.91 Å². The Morgan fingerprint density at radius 1 is 1.35 bits per heavy atom. The van der Waals surface area contributed by atoms with E-state index in [0.717, 1.165) is 57.7 Å². The molecule has 1 saturated carbocycles. The summed E-state index contributed by atoms with van der Waals surface area (Å²) < 4.78 is 0. The maximum atomic E-state index is 10.9. The number of amides is 1. The van der Waals surface area contributed by atoms with E-state index in [0.29, 0.717) is 12.3 Å². The second kappa shape index (κ2) is 6.90. The molecule has 1 aliphatic heterocycles. The number of primary amides is 1. The van der Waals surface area contributed by atoms with E-state index in [1.807, 2.05) is 0 Å². The zero-order valence-corrected chi connectivity index (χ0v) is 12.8. The fourth-order valence-electron chi connectivity index (χ4n) is 3.75. The quantitative estimate of drug-likeness (QED) is 0.809. The molecule has 0 radical (unpaired) electrons. The van der Waals surface area contributed by atoms with Crippen LogP contribution in [0.25, 0.3) is 0 Å². The Labute approximate surface area is 122 Å². The van der Waals surface area contributed by atoms with Crippen LogP contribution in [0, 0.1) is 11.8 Å². The highest BCUT2D eigenvalue weighted by molar-refractivity contribution is 5.73. The molecule has 4 nitrogen and oxygen atoms in total. The fraction of sp³-hybridized carbons (Fsp3) is 0.938. The van der Waals surface area contributed by atoms with Crippen LogP contribution < -0.4 is 5.73 Å². The Morgan fingerprint density at radius 3 is 2.70 bits per heavy atom. The predicted molar refractivity (Wildman–Crippen MR) is 80.2 cm³/mol. The molecule has 4 heteroatoms. The van der Waals surface area contributed by atoms with Crippen molar-refractivity contribution >= 4 is 5.91 Å². The average Bonchev–Trinajstić information content (AvgIpc) is 2.41. The first kappa shape index (κ1) is 15.8. The molecule has 2 aliphatic rings. The molecule has 0 aromatic heterocycles. The van der Waals surface area contributed by atoms with Gasteiger partial charge in [0.1, 0.15) is 0 Å². The predicted octanol–water partition coefficient (Wildman–Crippen LogP) is 1.91. The van der Waals surface area contributed by atoms with Crippen LogP contribution in [0.3, 0.4) is 0 Å². The topological polar surface area (TPSA) is 66.6 Å². The molecule has 1 atom stereocenters. The van der Waals surface area contributed by atoms with Gasteiger partial charge < -0.3 is 15.7 Å². The zero-order valence-electron chi connectivity index (χ0n) is 12.8. The molecule has 2 rings (SSSR count). The highest BCUT2D eigenvalue weighted by atomic mass is 16.3. The summed E-state index contributed by atoms with van der Waals surface area (Å²) in [7, 11) is 0. The molecule has 1 aliphatic carbocycles. The first-order valence-corrected chi connectivity index (χ1v) is 8.20. The summed E-state index contributed by atoms with van der Waals surface area (Å²) in [6, 6.07) is 0. The molecular weight excluding hydrogens is 252 g/mol. The molecule has 1 amide bonds. The summed E-state index contributed by atoms with van der Waals surface area (Å²) in [5.74, 6) is 1.14. The SMILES string of the molecule is CC1CCC(O)(CN2CCCC(CCC(N)=O)C2)CC1. The van der Waals surface area contributed by atoms with Crippen molar-refractivity contribution in [3.63, 3.8) is 0 Å². The lowest BCUT2D eigenvalue weighted by Crippen LogP contribution is -2.48. The molecule has 1 unspecified atom stereocenters. The normalized spacial score (nSPS) is 35.9. The molecule has 0 bridgehead atoms. The number of aliphatic hydroxyl groups is 1. The van der Waals surface area contributed by atoms with Gasteiger partial charge in [-0.1, -0.05) is 6.92 Å². The fourth-order valence-corrected chi connectivity index (χ4v) is 3.75. The maximum absolute atomic E-state index is 10.9. The largest absolute Gasteiger partial charge is 0.389 e. The monoisotopic (exact) mass is 282 g/mol. The van der Waals surface area contributed by atoms with E-state index in [-0.39, 0.29) is 5.91 Å². The summed E-state index contributed by atoms with van der Waals surface area (Å²) in [4.78, 5) is 13.3. The van der Waals surface area contributed by atoms with Gasteiger partial charge in [-0.05, 0) is 63.3 Å². The minimum atomic E-state index is -0.474. The lowest BCUT2D eigenvalue weighted by molar-refractivity contribution is -0.118. The van der Waals surface area contributed by atoms with Gasteiger partial charge >= 0.3 is 0 Å². The minimum Gasteiger partial charge on any atom is -0.389 e. The van der Waals surface area contributed by atoms with Crippen LogP contribution in [0.1, 0.15) is 58.3 Å². The van der Waals surface area contributed by atoms with Crippen LogP contribution in [0.2, 0.25) is 0 Å². The van der Waals surface area contributed by atoms with Gasteiger partial charge in [0.15, 0.2) is 0 Å². The van der Waals surface area contributed by atoms with Crippen molar-refractivity contribution in [2.45, 2.75) is 63.9 Å². The number of nitrogens with two attached hydrogens (primary N) is 1. The van der Waals surface area contributed by atoms with Crippen molar-refractivity contribution in [1.82, 2.24) is 4.90 Å².